The van der Waals surface area contributed by atoms with Crippen molar-refractivity contribution in [1.29, 1.82) is 0 Å². The molecule has 2 saturated heterocycles. The number of carbonyl (C=O) groups is 1. The molecule has 0 aromatic carbocycles. The molecule has 0 aliphatic carbocycles. The van der Waals surface area contributed by atoms with Gasteiger partial charge < -0.3 is 65.1 Å². The lowest BCUT2D eigenvalue weighted by Gasteiger charge is -2.46. The highest BCUT2D eigenvalue weighted by molar-refractivity contribution is 5.76. The van der Waals surface area contributed by atoms with E-state index >= 15 is 0 Å². The van der Waals surface area contributed by atoms with E-state index in [9.17, 15) is 45.6 Å². The molecule has 14 nitrogen and oxygen atoms in total. The van der Waals surface area contributed by atoms with Gasteiger partial charge in [0.05, 0.1) is 32.0 Å². The molecule has 412 valence electrons. The second kappa shape index (κ2) is 42.8. The Balaban J connectivity index is 1.75. The van der Waals surface area contributed by atoms with Gasteiger partial charge in [-0.3, -0.25) is 4.79 Å². The quantitative estimate of drug-likeness (QED) is 0.0205. The molecule has 2 aliphatic rings. The Labute approximate surface area is 424 Å². The second-order valence-electron chi connectivity index (χ2n) is 20.4. The van der Waals surface area contributed by atoms with E-state index in [4.69, 9.17) is 18.9 Å². The van der Waals surface area contributed by atoms with Gasteiger partial charge in [0.15, 0.2) is 12.6 Å². The number of aliphatic hydroxyl groups excluding tert-OH is 8. The van der Waals surface area contributed by atoms with Crippen LogP contribution in [0.25, 0.3) is 0 Å². The van der Waals surface area contributed by atoms with E-state index in [0.717, 1.165) is 77.0 Å². The predicted molar refractivity (Wildman–Crippen MR) is 277 cm³/mol. The molecule has 0 spiro atoms. The highest BCUT2D eigenvalue weighted by Crippen LogP contribution is 2.30. The Bertz CT molecular complexity index is 1270. The maximum Gasteiger partial charge on any atom is 0.220 e. The number of allylic oxidation sites excluding steroid dienone is 4. The van der Waals surface area contributed by atoms with Crippen LogP contribution in [0.5, 0.6) is 0 Å². The van der Waals surface area contributed by atoms with Crippen molar-refractivity contribution in [3.8, 4) is 0 Å². The molecular weight excluding hydrogens is 895 g/mol. The number of hydrogen-bond donors (Lipinski definition) is 9. The Morgan fingerprint density at radius 1 is 0.514 bits per heavy atom. The molecule has 1 amide bonds. The summed E-state index contributed by atoms with van der Waals surface area (Å²) in [5.41, 5.74) is 0. The summed E-state index contributed by atoms with van der Waals surface area (Å²) in [5, 5.41) is 87.1. The number of carbonyl (C=O) groups excluding carboxylic acids is 1. The minimum absolute atomic E-state index is 0.220. The molecule has 0 bridgehead atoms. The van der Waals surface area contributed by atoms with Crippen molar-refractivity contribution in [2.75, 3.05) is 19.8 Å². The Morgan fingerprint density at radius 3 is 1.49 bits per heavy atom. The number of nitrogens with one attached hydrogen (secondary N) is 1. The van der Waals surface area contributed by atoms with Crippen molar-refractivity contribution < 1.29 is 64.6 Å². The zero-order valence-corrected chi connectivity index (χ0v) is 44.0. The van der Waals surface area contributed by atoms with Crippen LogP contribution in [0.3, 0.4) is 0 Å². The number of hydrogen-bond acceptors (Lipinski definition) is 13. The van der Waals surface area contributed by atoms with Gasteiger partial charge in [0.2, 0.25) is 5.91 Å². The molecule has 2 rings (SSSR count). The Hall–Kier alpha value is -1.53. The average Bonchev–Trinajstić information content (AvgIpc) is 3.36. The average molecular weight is 1000 g/mol. The summed E-state index contributed by atoms with van der Waals surface area (Å²) in [6.45, 7) is 2.79. The van der Waals surface area contributed by atoms with Gasteiger partial charge in [0, 0.05) is 6.42 Å². The largest absolute Gasteiger partial charge is 0.394 e. The summed E-state index contributed by atoms with van der Waals surface area (Å²) in [6.07, 6.45) is 31.8. The van der Waals surface area contributed by atoms with Crippen LogP contribution >= 0.6 is 0 Å². The fourth-order valence-electron chi connectivity index (χ4n) is 9.51. The number of amides is 1. The molecule has 9 N–H and O–H groups in total. The minimum Gasteiger partial charge on any atom is -0.394 e. The molecule has 14 heteroatoms. The zero-order valence-electron chi connectivity index (χ0n) is 44.0. The normalized spacial score (nSPS) is 26.1. The monoisotopic (exact) mass is 1000 g/mol. The fourth-order valence-corrected chi connectivity index (χ4v) is 9.51. The summed E-state index contributed by atoms with van der Waals surface area (Å²) >= 11 is 0. The molecule has 2 aliphatic heterocycles. The molecule has 0 aromatic rings. The molecule has 0 saturated carbocycles. The molecular formula is C56H105NO13. The summed E-state index contributed by atoms with van der Waals surface area (Å²) < 4.78 is 22.8. The summed E-state index contributed by atoms with van der Waals surface area (Å²) in [5.74, 6) is -0.220. The number of ether oxygens (including phenoxy) is 4. The third-order valence-corrected chi connectivity index (χ3v) is 14.2. The molecule has 2 fully saturated rings. The van der Waals surface area contributed by atoms with Gasteiger partial charge >= 0.3 is 0 Å². The second-order valence-corrected chi connectivity index (χ2v) is 20.4. The van der Waals surface area contributed by atoms with E-state index in [2.05, 4.69) is 43.5 Å². The SMILES string of the molecule is CCC/C=C\C/C=C\CCCCCCCC(=O)NC(COC1OC(CO)C(OC2OC(CO)C(O)C(O)C2O)C(O)C1O)C(O)CCCCCCCCCCCCCCCCCCCCCCCCC. The van der Waals surface area contributed by atoms with Crippen molar-refractivity contribution in [2.45, 2.75) is 306 Å². The summed E-state index contributed by atoms with van der Waals surface area (Å²) in [7, 11) is 0. The lowest BCUT2D eigenvalue weighted by Crippen LogP contribution is -2.65. The van der Waals surface area contributed by atoms with Crippen molar-refractivity contribution in [2.24, 2.45) is 0 Å². The highest BCUT2D eigenvalue weighted by atomic mass is 16.7. The molecule has 2 heterocycles. The zero-order chi connectivity index (χ0) is 51.0. The van der Waals surface area contributed by atoms with Crippen LogP contribution in [-0.2, 0) is 23.7 Å². The Kier molecular flexibility index (Phi) is 39.5. The maximum absolute atomic E-state index is 13.2. The van der Waals surface area contributed by atoms with Crippen LogP contribution in [0.1, 0.15) is 232 Å². The third-order valence-electron chi connectivity index (χ3n) is 14.2. The molecule has 0 aromatic heterocycles. The standard InChI is InChI=1S/C56H105NO13/c1-3-5-7-9-11-13-15-17-18-19-20-21-22-23-24-25-26-28-29-31-33-35-37-39-45(60)44(57-48(61)40-38-36-34-32-30-27-16-14-12-10-8-6-4-2)43-67-55-53(66)51(64)54(47(42-59)69-55)70-56-52(65)50(63)49(62)46(41-58)68-56/h8,10,14,16,44-47,49-56,58-60,62-66H,3-7,9,11-13,15,17-43H2,1-2H3,(H,57,61)/b10-8-,16-14-. The predicted octanol–water partition coefficient (Wildman–Crippen LogP) is 8.89. The van der Waals surface area contributed by atoms with E-state index in [1.165, 1.54) is 122 Å². The first-order chi connectivity index (χ1) is 34.1. The van der Waals surface area contributed by atoms with Gasteiger partial charge in [0.25, 0.3) is 0 Å². The minimum atomic E-state index is -1.78. The number of rotatable bonds is 45. The van der Waals surface area contributed by atoms with Crippen LogP contribution in [0.15, 0.2) is 24.3 Å². The molecule has 0 radical (unpaired) electrons. The maximum atomic E-state index is 13.2. The van der Waals surface area contributed by atoms with Gasteiger partial charge in [0.1, 0.15) is 48.8 Å². The van der Waals surface area contributed by atoms with Crippen molar-refractivity contribution in [3.63, 3.8) is 0 Å². The van der Waals surface area contributed by atoms with E-state index in [1.54, 1.807) is 0 Å². The Morgan fingerprint density at radius 2 is 0.971 bits per heavy atom. The molecule has 70 heavy (non-hydrogen) atoms. The third kappa shape index (κ3) is 28.8. The summed E-state index contributed by atoms with van der Waals surface area (Å²) in [4.78, 5) is 13.2. The van der Waals surface area contributed by atoms with Crippen LogP contribution in [0, 0.1) is 0 Å². The van der Waals surface area contributed by atoms with Gasteiger partial charge in [-0.05, 0) is 38.5 Å². The smallest absolute Gasteiger partial charge is 0.220 e. The first-order valence-corrected chi connectivity index (χ1v) is 28.6. The lowest BCUT2D eigenvalue weighted by atomic mass is 9.97. The number of unbranched alkanes of at least 4 members (excludes halogenated alkanes) is 28. The van der Waals surface area contributed by atoms with E-state index < -0.39 is 86.8 Å². The van der Waals surface area contributed by atoms with Gasteiger partial charge in [-0.2, -0.15) is 0 Å². The van der Waals surface area contributed by atoms with Gasteiger partial charge in [-0.1, -0.05) is 212 Å². The van der Waals surface area contributed by atoms with Crippen LogP contribution in [-0.4, -0.2) is 140 Å². The van der Waals surface area contributed by atoms with Crippen molar-refractivity contribution in [1.82, 2.24) is 5.32 Å². The lowest BCUT2D eigenvalue weighted by molar-refractivity contribution is -0.359. The highest BCUT2D eigenvalue weighted by Gasteiger charge is 2.51. The fraction of sp³-hybridized carbons (Fsp3) is 0.911. The molecule has 12 unspecified atom stereocenters. The van der Waals surface area contributed by atoms with E-state index in [-0.39, 0.29) is 18.9 Å². The van der Waals surface area contributed by atoms with Crippen LogP contribution in [0.4, 0.5) is 0 Å². The van der Waals surface area contributed by atoms with Crippen molar-refractivity contribution in [3.05, 3.63) is 24.3 Å². The van der Waals surface area contributed by atoms with Crippen LogP contribution in [0.2, 0.25) is 0 Å². The molecule has 12 atom stereocenters. The number of aliphatic hydroxyl groups is 8. The van der Waals surface area contributed by atoms with Crippen molar-refractivity contribution >= 4 is 5.91 Å². The van der Waals surface area contributed by atoms with Gasteiger partial charge in [-0.25, -0.2) is 0 Å². The van der Waals surface area contributed by atoms with E-state index in [0.29, 0.717) is 12.8 Å². The van der Waals surface area contributed by atoms with Crippen LogP contribution < -0.4 is 5.32 Å². The first-order valence-electron chi connectivity index (χ1n) is 28.6. The summed E-state index contributed by atoms with van der Waals surface area (Å²) in [6, 6.07) is -0.834. The topological polar surface area (TPSA) is 228 Å². The van der Waals surface area contributed by atoms with Gasteiger partial charge in [-0.15, -0.1) is 0 Å². The first kappa shape index (κ1) is 64.6. The van der Waals surface area contributed by atoms with E-state index in [1.807, 2.05) is 0 Å².